The molecule has 5 heteroatoms. The summed E-state index contributed by atoms with van der Waals surface area (Å²) in [6.45, 7) is 11.1. The van der Waals surface area contributed by atoms with Crippen LogP contribution in [0.4, 0.5) is 4.79 Å². The van der Waals surface area contributed by atoms with Crippen LogP contribution >= 0.6 is 0 Å². The Morgan fingerprint density at radius 2 is 1.64 bits per heavy atom. The molecule has 3 atom stereocenters. The van der Waals surface area contributed by atoms with E-state index in [9.17, 15) is 9.59 Å². The highest BCUT2D eigenvalue weighted by molar-refractivity contribution is 5.73. The zero-order valence-corrected chi connectivity index (χ0v) is 18.1. The molecule has 0 spiro atoms. The van der Waals surface area contributed by atoms with Gasteiger partial charge in [-0.15, -0.1) is 0 Å². The van der Waals surface area contributed by atoms with Crippen LogP contribution in [0, 0.1) is 11.8 Å². The van der Waals surface area contributed by atoms with Gasteiger partial charge in [0.1, 0.15) is 6.61 Å². The number of benzene rings is 1. The minimum absolute atomic E-state index is 0.0427. The Hall–Kier alpha value is -2.04. The van der Waals surface area contributed by atoms with Crippen LogP contribution in [0.25, 0.3) is 0 Å². The first kappa shape index (κ1) is 24.0. The first-order chi connectivity index (χ1) is 13.4. The summed E-state index contributed by atoms with van der Waals surface area (Å²) in [6, 6.07) is 9.54. The third-order valence-electron chi connectivity index (χ3n) is 5.39. The van der Waals surface area contributed by atoms with Crippen molar-refractivity contribution in [1.29, 1.82) is 0 Å². The van der Waals surface area contributed by atoms with Crippen molar-refractivity contribution in [1.82, 2.24) is 4.90 Å². The second-order valence-corrected chi connectivity index (χ2v) is 7.43. The van der Waals surface area contributed by atoms with Crippen LogP contribution < -0.4 is 0 Å². The van der Waals surface area contributed by atoms with E-state index in [0.29, 0.717) is 13.2 Å². The quantitative estimate of drug-likeness (QED) is 0.352. The summed E-state index contributed by atoms with van der Waals surface area (Å²) in [5.74, 6) is -0.594. The Labute approximate surface area is 170 Å². The zero-order valence-electron chi connectivity index (χ0n) is 18.1. The maximum Gasteiger partial charge on any atom is 0.409 e. The largest absolute Gasteiger partial charge is 0.461 e. The number of carbonyl (C=O) groups is 2. The Balaban J connectivity index is 2.66. The third-order valence-corrected chi connectivity index (χ3v) is 5.39. The van der Waals surface area contributed by atoms with Gasteiger partial charge in [0.2, 0.25) is 0 Å². The fourth-order valence-electron chi connectivity index (χ4n) is 3.15. The van der Waals surface area contributed by atoms with Crippen molar-refractivity contribution in [3.05, 3.63) is 35.9 Å². The molecule has 0 saturated carbocycles. The molecule has 0 saturated heterocycles. The number of unbranched alkanes of at least 4 members (excludes halogenated alkanes) is 3. The number of hydrogen-bond acceptors (Lipinski definition) is 4. The van der Waals surface area contributed by atoms with E-state index in [0.717, 1.165) is 31.2 Å². The summed E-state index contributed by atoms with van der Waals surface area (Å²) in [7, 11) is 0. The Bertz CT molecular complexity index is 575. The molecule has 1 aromatic rings. The molecule has 5 nitrogen and oxygen atoms in total. The summed E-state index contributed by atoms with van der Waals surface area (Å²) in [6.07, 6.45) is 4.03. The van der Waals surface area contributed by atoms with Crippen LogP contribution in [0.5, 0.6) is 0 Å². The van der Waals surface area contributed by atoms with Gasteiger partial charge in [0.25, 0.3) is 0 Å². The summed E-state index contributed by atoms with van der Waals surface area (Å²) >= 11 is 0. The highest BCUT2D eigenvalue weighted by Crippen LogP contribution is 2.23. The van der Waals surface area contributed by atoms with Crippen LogP contribution in [0.3, 0.4) is 0 Å². The molecule has 0 fully saturated rings. The topological polar surface area (TPSA) is 55.8 Å². The monoisotopic (exact) mass is 391 g/mol. The smallest absolute Gasteiger partial charge is 0.409 e. The van der Waals surface area contributed by atoms with E-state index in [4.69, 9.17) is 9.47 Å². The fraction of sp³-hybridized carbons (Fsp3) is 0.652. The number of rotatable bonds is 12. The minimum Gasteiger partial charge on any atom is -0.461 e. The molecule has 1 aromatic carbocycles. The molecule has 0 aliphatic carbocycles. The fourth-order valence-corrected chi connectivity index (χ4v) is 3.15. The van der Waals surface area contributed by atoms with Crippen LogP contribution in [0.2, 0.25) is 0 Å². The Morgan fingerprint density at radius 1 is 0.964 bits per heavy atom. The van der Waals surface area contributed by atoms with Crippen molar-refractivity contribution in [3.63, 3.8) is 0 Å². The maximum absolute atomic E-state index is 12.5. The summed E-state index contributed by atoms with van der Waals surface area (Å²) in [5, 5.41) is 0. The van der Waals surface area contributed by atoms with E-state index in [1.807, 2.05) is 58.0 Å². The molecular formula is C23H37NO4. The van der Waals surface area contributed by atoms with Crippen molar-refractivity contribution in [2.24, 2.45) is 11.8 Å². The lowest BCUT2D eigenvalue weighted by Gasteiger charge is -2.34. The van der Waals surface area contributed by atoms with Gasteiger partial charge in [-0.2, -0.15) is 0 Å². The Morgan fingerprint density at radius 3 is 2.25 bits per heavy atom. The zero-order chi connectivity index (χ0) is 20.9. The molecule has 28 heavy (non-hydrogen) atoms. The lowest BCUT2D eigenvalue weighted by atomic mass is 9.89. The van der Waals surface area contributed by atoms with Crippen molar-refractivity contribution in [3.8, 4) is 0 Å². The van der Waals surface area contributed by atoms with Crippen LogP contribution in [0.1, 0.15) is 65.9 Å². The number of ether oxygens (including phenoxy) is 2. The van der Waals surface area contributed by atoms with Crippen molar-refractivity contribution >= 4 is 12.1 Å². The predicted molar refractivity (Wildman–Crippen MR) is 112 cm³/mol. The van der Waals surface area contributed by atoms with E-state index < -0.39 is 0 Å². The van der Waals surface area contributed by atoms with E-state index in [2.05, 4.69) is 6.92 Å². The highest BCUT2D eigenvalue weighted by atomic mass is 16.6. The van der Waals surface area contributed by atoms with E-state index >= 15 is 0 Å². The number of nitrogens with zero attached hydrogens (tertiary/aromatic N) is 1. The Kier molecular flexibility index (Phi) is 11.3. The molecule has 1 amide bonds. The normalized spacial score (nSPS) is 14.0. The van der Waals surface area contributed by atoms with Gasteiger partial charge < -0.3 is 14.4 Å². The number of hydrogen-bond donors (Lipinski definition) is 0. The van der Waals surface area contributed by atoms with Gasteiger partial charge in [-0.1, -0.05) is 70.4 Å². The summed E-state index contributed by atoms with van der Waals surface area (Å²) in [4.78, 5) is 26.7. The molecular weight excluding hydrogens is 354 g/mol. The number of esters is 1. The van der Waals surface area contributed by atoms with Crippen molar-refractivity contribution < 1.29 is 19.1 Å². The van der Waals surface area contributed by atoms with Gasteiger partial charge in [0.05, 0.1) is 12.5 Å². The highest BCUT2D eigenvalue weighted by Gasteiger charge is 2.32. The standard InChI is InChI=1S/C23H37NO4/c1-6-8-9-13-16-24(23(26)27-7-2)20(5)18(3)19(4)22(25)28-17-21-14-11-10-12-15-21/h10-12,14-15,18-20H,6-9,13,16-17H2,1-5H3. The molecule has 0 aromatic heterocycles. The van der Waals surface area contributed by atoms with E-state index in [1.165, 1.54) is 0 Å². The molecule has 158 valence electrons. The molecule has 0 radical (unpaired) electrons. The van der Waals surface area contributed by atoms with E-state index in [-0.39, 0.29) is 36.5 Å². The van der Waals surface area contributed by atoms with Crippen LogP contribution in [0.15, 0.2) is 30.3 Å². The van der Waals surface area contributed by atoms with Crippen molar-refractivity contribution in [2.75, 3.05) is 13.2 Å². The van der Waals surface area contributed by atoms with Crippen LogP contribution in [-0.4, -0.2) is 36.2 Å². The molecule has 0 N–H and O–H groups in total. The minimum atomic E-state index is -0.314. The lowest BCUT2D eigenvalue weighted by molar-refractivity contribution is -0.151. The molecule has 0 aliphatic rings. The SMILES string of the molecule is CCCCCCN(C(=O)OCC)C(C)C(C)C(C)C(=O)OCc1ccccc1. The number of amides is 1. The van der Waals surface area contributed by atoms with Gasteiger partial charge in [-0.3, -0.25) is 4.79 Å². The molecule has 0 heterocycles. The van der Waals surface area contributed by atoms with Crippen LogP contribution in [-0.2, 0) is 20.9 Å². The van der Waals surface area contributed by atoms with Gasteiger partial charge in [0.15, 0.2) is 0 Å². The average Bonchev–Trinajstić information content (AvgIpc) is 2.71. The summed E-state index contributed by atoms with van der Waals surface area (Å²) in [5.41, 5.74) is 0.966. The van der Waals surface area contributed by atoms with E-state index in [1.54, 1.807) is 4.90 Å². The first-order valence-corrected chi connectivity index (χ1v) is 10.6. The van der Waals surface area contributed by atoms with Gasteiger partial charge in [-0.05, 0) is 31.7 Å². The van der Waals surface area contributed by atoms with Crippen molar-refractivity contribution in [2.45, 2.75) is 73.0 Å². The summed E-state index contributed by atoms with van der Waals surface area (Å²) < 4.78 is 10.7. The van der Waals surface area contributed by atoms with Gasteiger partial charge in [0, 0.05) is 12.6 Å². The maximum atomic E-state index is 12.5. The second-order valence-electron chi connectivity index (χ2n) is 7.43. The second kappa shape index (κ2) is 13.2. The molecule has 0 bridgehead atoms. The van der Waals surface area contributed by atoms with Gasteiger partial charge in [-0.25, -0.2) is 4.79 Å². The first-order valence-electron chi connectivity index (χ1n) is 10.6. The molecule has 3 unspecified atom stereocenters. The van der Waals surface area contributed by atoms with Gasteiger partial charge >= 0.3 is 12.1 Å². The average molecular weight is 392 g/mol. The number of carbonyl (C=O) groups excluding carboxylic acids is 2. The lowest BCUT2D eigenvalue weighted by Crippen LogP contribution is -2.45. The predicted octanol–water partition coefficient (Wildman–Crippen LogP) is 5.43. The molecule has 0 aliphatic heterocycles. The molecule has 1 rings (SSSR count). The third kappa shape index (κ3) is 7.91.